The van der Waals surface area contributed by atoms with Crippen molar-refractivity contribution in [2.45, 2.75) is 13.0 Å². The molecule has 3 aromatic rings. The third-order valence-corrected chi connectivity index (χ3v) is 7.36. The monoisotopic (exact) mass is 483 g/mol. The second-order valence-corrected chi connectivity index (χ2v) is 9.75. The fraction of sp³-hybridized carbons (Fsp3) is 0.0833. The van der Waals surface area contributed by atoms with Gasteiger partial charge in [0.1, 0.15) is 15.8 Å². The van der Waals surface area contributed by atoms with Crippen LogP contribution in [0.4, 0.5) is 0 Å². The van der Waals surface area contributed by atoms with Gasteiger partial charge in [-0.2, -0.15) is 0 Å². The first-order valence-corrected chi connectivity index (χ1v) is 11.5. The molecule has 0 aromatic heterocycles. The van der Waals surface area contributed by atoms with Crippen LogP contribution >= 0.6 is 47.2 Å². The zero-order valence-corrected chi connectivity index (χ0v) is 19.4. The molecule has 0 spiro atoms. The molecule has 5 rings (SSSR count). The topological polar surface area (TPSA) is 29.5 Å². The number of hydrogen-bond donors (Lipinski definition) is 0. The van der Waals surface area contributed by atoms with Crippen LogP contribution in [0.2, 0.25) is 10.0 Å². The number of nitrogens with zero attached hydrogens (tertiary/aromatic N) is 1. The first kappa shape index (κ1) is 20.6. The van der Waals surface area contributed by atoms with Crippen molar-refractivity contribution in [3.8, 4) is 11.5 Å². The Morgan fingerprint density at radius 2 is 1.81 bits per heavy atom. The fourth-order valence-electron chi connectivity index (χ4n) is 3.84. The maximum atomic E-state index is 13.5. The number of thioether (sulfide) groups is 1. The van der Waals surface area contributed by atoms with E-state index in [1.807, 2.05) is 55.5 Å². The minimum atomic E-state index is -0.355. The molecule has 0 N–H and O–H groups in total. The van der Waals surface area contributed by atoms with Crippen molar-refractivity contribution in [1.29, 1.82) is 0 Å². The molecule has 1 saturated heterocycles. The maximum absolute atomic E-state index is 13.5. The molecule has 31 heavy (non-hydrogen) atoms. The molecule has 2 aliphatic rings. The van der Waals surface area contributed by atoms with E-state index in [0.717, 1.165) is 33.8 Å². The summed E-state index contributed by atoms with van der Waals surface area (Å²) < 4.78 is 6.69. The van der Waals surface area contributed by atoms with Crippen LogP contribution in [0.3, 0.4) is 0 Å². The number of aryl methyl sites for hydroxylation is 1. The standard InChI is InChI=1S/C24H15Cl2NO2S2/c1-13-5-4-7-16-21(15-6-2-3-8-19(15)29-22(13)16)27-23(28)20(31-24(27)30)12-14-9-10-17(25)18(26)11-14/h2-12,21H,1H3. The van der Waals surface area contributed by atoms with E-state index in [-0.39, 0.29) is 11.9 Å². The van der Waals surface area contributed by atoms with Crippen LogP contribution in [0.25, 0.3) is 6.08 Å². The van der Waals surface area contributed by atoms with Crippen molar-refractivity contribution in [3.05, 3.63) is 97.9 Å². The highest BCUT2D eigenvalue weighted by molar-refractivity contribution is 8.26. The van der Waals surface area contributed by atoms with Crippen molar-refractivity contribution in [2.75, 3.05) is 0 Å². The van der Waals surface area contributed by atoms with Gasteiger partial charge in [0.05, 0.1) is 21.0 Å². The van der Waals surface area contributed by atoms with Crippen molar-refractivity contribution >= 4 is 63.5 Å². The Hall–Kier alpha value is -2.31. The summed E-state index contributed by atoms with van der Waals surface area (Å²) in [6, 6.07) is 18.6. The van der Waals surface area contributed by atoms with E-state index in [4.69, 9.17) is 40.2 Å². The molecule has 1 fully saturated rings. The molecule has 2 aliphatic heterocycles. The lowest BCUT2D eigenvalue weighted by molar-refractivity contribution is -0.123. The number of carbonyl (C=O) groups is 1. The van der Waals surface area contributed by atoms with Crippen LogP contribution in [0.15, 0.2) is 65.6 Å². The minimum Gasteiger partial charge on any atom is -0.456 e. The van der Waals surface area contributed by atoms with Crippen LogP contribution in [0, 0.1) is 6.92 Å². The molecule has 3 aromatic carbocycles. The smallest absolute Gasteiger partial charge is 0.267 e. The van der Waals surface area contributed by atoms with Crippen LogP contribution in [0.1, 0.15) is 28.3 Å². The van der Waals surface area contributed by atoms with E-state index in [9.17, 15) is 4.79 Å². The van der Waals surface area contributed by atoms with Gasteiger partial charge in [-0.25, -0.2) is 0 Å². The number of para-hydroxylation sites is 2. The van der Waals surface area contributed by atoms with Gasteiger partial charge < -0.3 is 4.74 Å². The summed E-state index contributed by atoms with van der Waals surface area (Å²) in [6.45, 7) is 2.00. The normalized spacial score (nSPS) is 18.7. The van der Waals surface area contributed by atoms with Crippen molar-refractivity contribution in [1.82, 2.24) is 4.90 Å². The highest BCUT2D eigenvalue weighted by Gasteiger charge is 2.42. The Kier molecular flexibility index (Phi) is 5.30. The lowest BCUT2D eigenvalue weighted by Crippen LogP contribution is -2.35. The van der Waals surface area contributed by atoms with Crippen LogP contribution in [0.5, 0.6) is 11.5 Å². The Balaban J connectivity index is 1.60. The molecule has 2 heterocycles. The van der Waals surface area contributed by atoms with Gasteiger partial charge in [-0.1, -0.05) is 89.6 Å². The second-order valence-electron chi connectivity index (χ2n) is 7.26. The average Bonchev–Trinajstić information content (AvgIpc) is 3.02. The minimum absolute atomic E-state index is 0.143. The third kappa shape index (κ3) is 3.56. The predicted molar refractivity (Wildman–Crippen MR) is 131 cm³/mol. The first-order chi connectivity index (χ1) is 14.9. The fourth-order valence-corrected chi connectivity index (χ4v) is 5.46. The molecular weight excluding hydrogens is 469 g/mol. The number of ether oxygens (including phenoxy) is 1. The molecular formula is C24H15Cl2NO2S2. The summed E-state index contributed by atoms with van der Waals surface area (Å²) in [5.74, 6) is 1.36. The lowest BCUT2D eigenvalue weighted by atomic mass is 9.92. The summed E-state index contributed by atoms with van der Waals surface area (Å²) >= 11 is 19.1. The number of rotatable bonds is 2. The third-order valence-electron chi connectivity index (χ3n) is 5.29. The molecule has 7 heteroatoms. The molecule has 0 bridgehead atoms. The number of halogens is 2. The van der Waals surface area contributed by atoms with Crippen molar-refractivity contribution in [3.63, 3.8) is 0 Å². The molecule has 0 saturated carbocycles. The molecule has 0 radical (unpaired) electrons. The number of thiocarbonyl (C=S) groups is 1. The van der Waals surface area contributed by atoms with E-state index >= 15 is 0 Å². The molecule has 3 nitrogen and oxygen atoms in total. The number of carbonyl (C=O) groups excluding carboxylic acids is 1. The zero-order valence-electron chi connectivity index (χ0n) is 16.3. The van der Waals surface area contributed by atoms with Gasteiger partial charge in [0.25, 0.3) is 5.91 Å². The number of benzene rings is 3. The van der Waals surface area contributed by atoms with Gasteiger partial charge in [-0.05, 0) is 42.3 Å². The highest BCUT2D eigenvalue weighted by atomic mass is 35.5. The first-order valence-electron chi connectivity index (χ1n) is 9.52. The maximum Gasteiger partial charge on any atom is 0.267 e. The van der Waals surface area contributed by atoms with E-state index in [2.05, 4.69) is 0 Å². The number of hydrogen-bond acceptors (Lipinski definition) is 4. The quantitative estimate of drug-likeness (QED) is 0.280. The van der Waals surface area contributed by atoms with Crippen LogP contribution in [-0.4, -0.2) is 15.1 Å². The predicted octanol–water partition coefficient (Wildman–Crippen LogP) is 7.40. The van der Waals surface area contributed by atoms with E-state index < -0.39 is 0 Å². The summed E-state index contributed by atoms with van der Waals surface area (Å²) in [4.78, 5) is 15.8. The Morgan fingerprint density at radius 3 is 2.61 bits per heavy atom. The SMILES string of the molecule is Cc1cccc2c1Oc1ccccc1C2N1C(=O)C(=Cc2ccc(Cl)c(Cl)c2)SC1=S. The van der Waals surface area contributed by atoms with Gasteiger partial charge in [-0.3, -0.25) is 9.69 Å². The number of fused-ring (bicyclic) bond motifs is 2. The highest BCUT2D eigenvalue weighted by Crippen LogP contribution is 2.50. The summed E-state index contributed by atoms with van der Waals surface area (Å²) in [6.07, 6.45) is 1.80. The molecule has 154 valence electrons. The number of amides is 1. The lowest BCUT2D eigenvalue weighted by Gasteiger charge is -2.34. The van der Waals surface area contributed by atoms with Crippen molar-refractivity contribution < 1.29 is 9.53 Å². The van der Waals surface area contributed by atoms with Gasteiger partial charge in [0, 0.05) is 11.1 Å². The molecule has 0 aliphatic carbocycles. The molecule has 1 amide bonds. The average molecular weight is 484 g/mol. The van der Waals surface area contributed by atoms with Crippen molar-refractivity contribution in [2.24, 2.45) is 0 Å². The Bertz CT molecular complexity index is 1290. The molecule has 1 atom stereocenters. The zero-order chi connectivity index (χ0) is 21.7. The second kappa shape index (κ2) is 7.99. The van der Waals surface area contributed by atoms with E-state index in [1.54, 1.807) is 23.1 Å². The van der Waals surface area contributed by atoms with E-state index in [0.29, 0.717) is 19.3 Å². The largest absolute Gasteiger partial charge is 0.456 e. The summed E-state index contributed by atoms with van der Waals surface area (Å²) in [5, 5.41) is 0.908. The van der Waals surface area contributed by atoms with Gasteiger partial charge in [0.15, 0.2) is 0 Å². The van der Waals surface area contributed by atoms with Gasteiger partial charge in [0.2, 0.25) is 0 Å². The van der Waals surface area contributed by atoms with Crippen LogP contribution in [-0.2, 0) is 4.79 Å². The Morgan fingerprint density at radius 1 is 1.03 bits per heavy atom. The van der Waals surface area contributed by atoms with Gasteiger partial charge >= 0.3 is 0 Å². The molecule has 1 unspecified atom stereocenters. The summed E-state index contributed by atoms with van der Waals surface area (Å²) in [7, 11) is 0. The Labute approximate surface area is 199 Å². The van der Waals surface area contributed by atoms with Gasteiger partial charge in [-0.15, -0.1) is 0 Å². The summed E-state index contributed by atoms with van der Waals surface area (Å²) in [5.41, 5.74) is 3.63. The van der Waals surface area contributed by atoms with Crippen LogP contribution < -0.4 is 4.74 Å². The van der Waals surface area contributed by atoms with E-state index in [1.165, 1.54) is 11.8 Å².